The topological polar surface area (TPSA) is 59.1 Å². The minimum Gasteiger partial charge on any atom is -0.310 e. The molecule has 2 saturated carbocycles. The van der Waals surface area contributed by atoms with Gasteiger partial charge in [-0.3, -0.25) is 9.59 Å². The van der Waals surface area contributed by atoms with Crippen molar-refractivity contribution in [3.63, 3.8) is 0 Å². The number of pyridine rings is 1. The van der Waals surface area contributed by atoms with E-state index in [4.69, 9.17) is 0 Å². The maximum Gasteiger partial charge on any atom is 0.232 e. The van der Waals surface area contributed by atoms with Gasteiger partial charge in [-0.1, -0.05) is 26.8 Å². The van der Waals surface area contributed by atoms with Crippen molar-refractivity contribution >= 4 is 17.5 Å². The highest BCUT2D eigenvalue weighted by molar-refractivity contribution is 6.04. The van der Waals surface area contributed by atoms with Gasteiger partial charge < -0.3 is 5.32 Å². The van der Waals surface area contributed by atoms with E-state index in [0.29, 0.717) is 12.2 Å². The molecular formula is C17H22N2O2. The molecule has 112 valence electrons. The van der Waals surface area contributed by atoms with Crippen LogP contribution in [0.15, 0.2) is 18.3 Å². The predicted molar refractivity (Wildman–Crippen MR) is 80.8 cm³/mol. The number of carbonyl (C=O) groups excluding carboxylic acids is 2. The summed E-state index contributed by atoms with van der Waals surface area (Å²) in [5, 5.41) is 2.96. The highest BCUT2D eigenvalue weighted by atomic mass is 16.2. The molecule has 0 saturated heterocycles. The Bertz CT molecular complexity index is 637. The fraction of sp³-hybridized carbons (Fsp3) is 0.588. The SMILES string of the molecule is Cc1cccnc1NC(=O)[C@@]12CC[C@](C)(C(=O)C1)C2(C)C. The van der Waals surface area contributed by atoms with Crippen molar-refractivity contribution in [3.05, 3.63) is 23.9 Å². The molecule has 2 bridgehead atoms. The second kappa shape index (κ2) is 4.15. The molecule has 2 aliphatic rings. The molecule has 2 aliphatic carbocycles. The van der Waals surface area contributed by atoms with Gasteiger partial charge in [-0.15, -0.1) is 0 Å². The maximum atomic E-state index is 12.9. The number of nitrogens with one attached hydrogen (secondary N) is 1. The van der Waals surface area contributed by atoms with Crippen LogP contribution in [0.4, 0.5) is 5.82 Å². The molecule has 1 aromatic heterocycles. The molecule has 1 amide bonds. The van der Waals surface area contributed by atoms with Crippen LogP contribution < -0.4 is 5.32 Å². The molecule has 4 nitrogen and oxygen atoms in total. The number of ketones is 1. The molecular weight excluding hydrogens is 264 g/mol. The zero-order chi connectivity index (χ0) is 15.5. The third kappa shape index (κ3) is 1.59. The molecule has 2 fully saturated rings. The average Bonchev–Trinajstić information content (AvgIpc) is 2.72. The molecule has 2 atom stereocenters. The summed E-state index contributed by atoms with van der Waals surface area (Å²) < 4.78 is 0. The number of fused-ring (bicyclic) bond motifs is 2. The van der Waals surface area contributed by atoms with Crippen molar-refractivity contribution in [2.24, 2.45) is 16.2 Å². The van der Waals surface area contributed by atoms with Crippen LogP contribution in [0.5, 0.6) is 0 Å². The van der Waals surface area contributed by atoms with Gasteiger partial charge in [-0.2, -0.15) is 0 Å². The van der Waals surface area contributed by atoms with E-state index in [1.54, 1.807) is 6.20 Å². The fourth-order valence-electron chi connectivity index (χ4n) is 4.20. The van der Waals surface area contributed by atoms with E-state index in [0.717, 1.165) is 18.4 Å². The number of aryl methyl sites for hydroxylation is 1. The number of anilines is 1. The van der Waals surface area contributed by atoms with Crippen LogP contribution in [0.2, 0.25) is 0 Å². The predicted octanol–water partition coefficient (Wildman–Crippen LogP) is 3.11. The van der Waals surface area contributed by atoms with Crippen LogP contribution in [-0.4, -0.2) is 16.7 Å². The van der Waals surface area contributed by atoms with E-state index in [9.17, 15) is 9.59 Å². The summed E-state index contributed by atoms with van der Waals surface area (Å²) in [7, 11) is 0. The van der Waals surface area contributed by atoms with Gasteiger partial charge in [0.15, 0.2) is 0 Å². The van der Waals surface area contributed by atoms with Gasteiger partial charge in [0.2, 0.25) is 5.91 Å². The van der Waals surface area contributed by atoms with E-state index in [1.165, 1.54) is 0 Å². The summed E-state index contributed by atoms with van der Waals surface area (Å²) in [5.74, 6) is 0.774. The number of Topliss-reactive ketones (excluding diaryl/α,β-unsaturated/α-hetero) is 1. The molecule has 0 radical (unpaired) electrons. The molecule has 1 N–H and O–H groups in total. The Morgan fingerprint density at radius 3 is 2.52 bits per heavy atom. The van der Waals surface area contributed by atoms with Gasteiger partial charge in [0, 0.05) is 18.0 Å². The third-order valence-electron chi connectivity index (χ3n) is 6.38. The standard InChI is InChI=1S/C17H22N2O2/c1-11-6-5-9-18-13(11)19-14(21)17-8-7-16(4,12(20)10-17)15(17,2)3/h5-6,9H,7-8,10H2,1-4H3,(H,18,19,21)/t16-,17-/m1/s1. The van der Waals surface area contributed by atoms with Gasteiger partial charge in [-0.25, -0.2) is 4.98 Å². The van der Waals surface area contributed by atoms with Crippen LogP contribution >= 0.6 is 0 Å². The number of hydrogen-bond donors (Lipinski definition) is 1. The summed E-state index contributed by atoms with van der Waals surface area (Å²) in [4.78, 5) is 29.6. The number of rotatable bonds is 2. The van der Waals surface area contributed by atoms with Crippen molar-refractivity contribution in [2.45, 2.75) is 47.0 Å². The van der Waals surface area contributed by atoms with Gasteiger partial charge in [0.25, 0.3) is 0 Å². The van der Waals surface area contributed by atoms with Crippen LogP contribution in [0.3, 0.4) is 0 Å². The number of hydrogen-bond acceptors (Lipinski definition) is 3. The molecule has 3 rings (SSSR count). The first kappa shape index (κ1) is 14.2. The lowest BCUT2D eigenvalue weighted by atomic mass is 9.64. The number of nitrogens with zero attached hydrogens (tertiary/aromatic N) is 1. The molecule has 0 aliphatic heterocycles. The zero-order valence-corrected chi connectivity index (χ0v) is 13.1. The smallest absolute Gasteiger partial charge is 0.232 e. The lowest BCUT2D eigenvalue weighted by Gasteiger charge is -2.38. The van der Waals surface area contributed by atoms with Gasteiger partial charge in [-0.05, 0) is 36.8 Å². The highest BCUT2D eigenvalue weighted by Gasteiger charge is 2.72. The first-order chi connectivity index (χ1) is 9.74. The summed E-state index contributed by atoms with van der Waals surface area (Å²) in [5.41, 5.74) is -0.346. The molecule has 1 heterocycles. The highest BCUT2D eigenvalue weighted by Crippen LogP contribution is 2.70. The van der Waals surface area contributed by atoms with Crippen molar-refractivity contribution in [1.29, 1.82) is 0 Å². The number of amides is 1. The van der Waals surface area contributed by atoms with E-state index in [1.807, 2.05) is 26.0 Å². The second-order valence-electron chi connectivity index (χ2n) is 7.26. The monoisotopic (exact) mass is 286 g/mol. The molecule has 1 aromatic rings. The Balaban J connectivity index is 1.96. The Labute approximate surface area is 125 Å². The average molecular weight is 286 g/mol. The van der Waals surface area contributed by atoms with Crippen molar-refractivity contribution < 1.29 is 9.59 Å². The second-order valence-corrected chi connectivity index (χ2v) is 7.26. The van der Waals surface area contributed by atoms with Crippen molar-refractivity contribution in [3.8, 4) is 0 Å². The summed E-state index contributed by atoms with van der Waals surface area (Å²) in [6.07, 6.45) is 3.60. The Morgan fingerprint density at radius 1 is 1.29 bits per heavy atom. The largest absolute Gasteiger partial charge is 0.310 e. The van der Waals surface area contributed by atoms with E-state index in [-0.39, 0.29) is 22.5 Å². The van der Waals surface area contributed by atoms with Crippen molar-refractivity contribution in [1.82, 2.24) is 4.98 Å². The normalized spacial score (nSPS) is 33.2. The zero-order valence-electron chi connectivity index (χ0n) is 13.1. The number of aromatic nitrogens is 1. The number of carbonyl (C=O) groups is 2. The molecule has 0 unspecified atom stereocenters. The molecule has 0 aromatic carbocycles. The molecule has 0 spiro atoms. The third-order valence-corrected chi connectivity index (χ3v) is 6.38. The fourth-order valence-corrected chi connectivity index (χ4v) is 4.20. The maximum absolute atomic E-state index is 12.9. The van der Waals surface area contributed by atoms with Crippen LogP contribution in [0.1, 0.15) is 45.6 Å². The summed E-state index contributed by atoms with van der Waals surface area (Å²) in [6.45, 7) is 8.07. The molecule has 21 heavy (non-hydrogen) atoms. The minimum absolute atomic E-state index is 0.0520. The van der Waals surface area contributed by atoms with Gasteiger partial charge in [0.05, 0.1) is 5.41 Å². The van der Waals surface area contributed by atoms with E-state index in [2.05, 4.69) is 24.1 Å². The van der Waals surface area contributed by atoms with Crippen LogP contribution in [0, 0.1) is 23.2 Å². The summed E-state index contributed by atoms with van der Waals surface area (Å²) >= 11 is 0. The minimum atomic E-state index is -0.594. The van der Waals surface area contributed by atoms with E-state index < -0.39 is 5.41 Å². The first-order valence-corrected chi connectivity index (χ1v) is 7.51. The lowest BCUT2D eigenvalue weighted by molar-refractivity contribution is -0.131. The Morgan fingerprint density at radius 2 is 2.00 bits per heavy atom. The van der Waals surface area contributed by atoms with Gasteiger partial charge >= 0.3 is 0 Å². The van der Waals surface area contributed by atoms with Gasteiger partial charge in [0.1, 0.15) is 11.6 Å². The molecule has 4 heteroatoms. The quantitative estimate of drug-likeness (QED) is 0.908. The van der Waals surface area contributed by atoms with Crippen LogP contribution in [0.25, 0.3) is 0 Å². The summed E-state index contributed by atoms with van der Waals surface area (Å²) in [6, 6.07) is 3.77. The Kier molecular flexibility index (Phi) is 2.81. The van der Waals surface area contributed by atoms with Crippen molar-refractivity contribution in [2.75, 3.05) is 5.32 Å². The van der Waals surface area contributed by atoms with Crippen LogP contribution in [-0.2, 0) is 9.59 Å². The first-order valence-electron chi connectivity index (χ1n) is 7.51. The van der Waals surface area contributed by atoms with E-state index >= 15 is 0 Å². The Hall–Kier alpha value is -1.71. The lowest BCUT2D eigenvalue weighted by Crippen LogP contribution is -2.43.